The summed E-state index contributed by atoms with van der Waals surface area (Å²) in [5.41, 5.74) is 1.53. The number of Topliss-reactive ketones (excluding diaryl/α,β-unsaturated/α-hetero) is 1. The standard InChI is InChI=1S/C27H26N2O8S/c1-13-12-15(34-3)10-11-16(13)21(30)19-20(17-8-7-9-18(35-4)23(17)36-5)29(25(32)22(19)31)27-28-14(2)24(38-27)26(33)37-6/h7-12,20,30H,1-6H3/b21-19+/t20-/m1/s1. The van der Waals surface area contributed by atoms with E-state index in [2.05, 4.69) is 4.98 Å². The number of aliphatic hydroxyl groups is 1. The van der Waals surface area contributed by atoms with Crippen LogP contribution in [0.1, 0.15) is 38.1 Å². The number of ether oxygens (including phenoxy) is 4. The average molecular weight is 539 g/mol. The van der Waals surface area contributed by atoms with Gasteiger partial charge in [-0.25, -0.2) is 9.78 Å². The number of benzene rings is 2. The molecule has 0 spiro atoms. The van der Waals surface area contributed by atoms with Crippen molar-refractivity contribution in [1.29, 1.82) is 0 Å². The number of aliphatic hydroxyl groups excluding tert-OH is 1. The fourth-order valence-corrected chi connectivity index (χ4v) is 5.40. The maximum atomic E-state index is 13.5. The van der Waals surface area contributed by atoms with Gasteiger partial charge < -0.3 is 24.1 Å². The number of esters is 1. The minimum Gasteiger partial charge on any atom is -0.507 e. The number of nitrogens with zero attached hydrogens (tertiary/aromatic N) is 2. The van der Waals surface area contributed by atoms with E-state index in [1.54, 1.807) is 50.2 Å². The van der Waals surface area contributed by atoms with Crippen molar-refractivity contribution in [3.05, 3.63) is 69.2 Å². The zero-order valence-electron chi connectivity index (χ0n) is 21.6. The van der Waals surface area contributed by atoms with Crippen LogP contribution in [-0.4, -0.2) is 56.2 Å². The van der Waals surface area contributed by atoms with Crippen LogP contribution in [0.15, 0.2) is 42.0 Å². The molecule has 0 unspecified atom stereocenters. The number of ketones is 1. The summed E-state index contributed by atoms with van der Waals surface area (Å²) in [6, 6.07) is 8.84. The van der Waals surface area contributed by atoms with Crippen LogP contribution in [0.25, 0.3) is 5.76 Å². The minimum absolute atomic E-state index is 0.0883. The molecular formula is C27H26N2O8S. The Kier molecular flexibility index (Phi) is 7.40. The molecule has 1 fully saturated rings. The highest BCUT2D eigenvalue weighted by molar-refractivity contribution is 7.17. The number of amides is 1. The molecule has 0 saturated carbocycles. The molecule has 2 heterocycles. The van der Waals surface area contributed by atoms with E-state index < -0.39 is 23.7 Å². The Morgan fingerprint density at radius 2 is 1.76 bits per heavy atom. The summed E-state index contributed by atoms with van der Waals surface area (Å²) >= 11 is 0.909. The van der Waals surface area contributed by atoms with Gasteiger partial charge in [0.2, 0.25) is 0 Å². The molecule has 1 aromatic heterocycles. The van der Waals surface area contributed by atoms with Crippen molar-refractivity contribution in [3.8, 4) is 17.2 Å². The largest absolute Gasteiger partial charge is 0.507 e. The third kappa shape index (κ3) is 4.34. The van der Waals surface area contributed by atoms with Gasteiger partial charge in [0.1, 0.15) is 22.4 Å². The van der Waals surface area contributed by atoms with Gasteiger partial charge in [0.05, 0.1) is 39.7 Å². The molecule has 10 nitrogen and oxygen atoms in total. The second-order valence-corrected chi connectivity index (χ2v) is 9.31. The second kappa shape index (κ2) is 10.5. The van der Waals surface area contributed by atoms with E-state index >= 15 is 0 Å². The Labute approximate surface area is 223 Å². The Bertz CT molecular complexity index is 1480. The monoisotopic (exact) mass is 538 g/mol. The summed E-state index contributed by atoms with van der Waals surface area (Å²) in [5, 5.41) is 11.6. The Hall–Kier alpha value is -4.38. The number of hydrogen-bond acceptors (Lipinski definition) is 10. The molecule has 3 aromatic rings. The maximum Gasteiger partial charge on any atom is 0.350 e. The normalized spacial score (nSPS) is 16.5. The number of carbonyl (C=O) groups is 3. The second-order valence-electron chi connectivity index (χ2n) is 8.34. The first kappa shape index (κ1) is 26.7. The van der Waals surface area contributed by atoms with Gasteiger partial charge in [-0.05, 0) is 43.7 Å². The summed E-state index contributed by atoms with van der Waals surface area (Å²) in [6.45, 7) is 3.35. The summed E-state index contributed by atoms with van der Waals surface area (Å²) in [7, 11) is 5.66. The molecule has 4 rings (SSSR count). The average Bonchev–Trinajstić information content (AvgIpc) is 3.43. The van der Waals surface area contributed by atoms with Crippen molar-refractivity contribution in [2.45, 2.75) is 19.9 Å². The van der Waals surface area contributed by atoms with Crippen LogP contribution < -0.4 is 19.1 Å². The molecule has 0 radical (unpaired) electrons. The molecule has 2 aromatic carbocycles. The quantitative estimate of drug-likeness (QED) is 0.204. The SMILES string of the molecule is COC(=O)c1sc(N2C(=O)C(=O)/C(=C(/O)c3ccc(OC)cc3C)[C@H]2c2cccc(OC)c2OC)nc1C. The maximum absolute atomic E-state index is 13.5. The lowest BCUT2D eigenvalue weighted by Crippen LogP contribution is -2.29. The molecule has 1 aliphatic rings. The van der Waals surface area contributed by atoms with E-state index in [-0.39, 0.29) is 27.1 Å². The van der Waals surface area contributed by atoms with Crippen molar-refractivity contribution in [3.63, 3.8) is 0 Å². The van der Waals surface area contributed by atoms with E-state index in [0.29, 0.717) is 33.9 Å². The van der Waals surface area contributed by atoms with Crippen molar-refractivity contribution in [2.24, 2.45) is 0 Å². The fraction of sp³-hybridized carbons (Fsp3) is 0.259. The van der Waals surface area contributed by atoms with E-state index in [1.807, 2.05) is 0 Å². The summed E-state index contributed by atoms with van der Waals surface area (Å²) in [5.74, 6) is -1.63. The number of carbonyl (C=O) groups excluding carboxylic acids is 3. The lowest BCUT2D eigenvalue weighted by atomic mass is 9.93. The molecule has 0 bridgehead atoms. The van der Waals surface area contributed by atoms with Crippen LogP contribution in [0.3, 0.4) is 0 Å². The van der Waals surface area contributed by atoms with Gasteiger partial charge in [0, 0.05) is 11.1 Å². The van der Waals surface area contributed by atoms with Gasteiger partial charge in [-0.15, -0.1) is 0 Å². The Morgan fingerprint density at radius 1 is 1.03 bits per heavy atom. The number of rotatable bonds is 7. The first-order valence-electron chi connectivity index (χ1n) is 11.4. The molecule has 0 aliphatic carbocycles. The molecule has 1 amide bonds. The van der Waals surface area contributed by atoms with Crippen LogP contribution >= 0.6 is 11.3 Å². The molecule has 1 saturated heterocycles. The first-order chi connectivity index (χ1) is 18.2. The molecule has 11 heteroatoms. The third-order valence-electron chi connectivity index (χ3n) is 6.22. The number of aromatic nitrogens is 1. The molecular weight excluding hydrogens is 512 g/mol. The summed E-state index contributed by atoms with van der Waals surface area (Å²) in [6.07, 6.45) is 0. The topological polar surface area (TPSA) is 124 Å². The van der Waals surface area contributed by atoms with Crippen LogP contribution in [0.5, 0.6) is 17.2 Å². The van der Waals surface area contributed by atoms with Crippen molar-refractivity contribution in [2.75, 3.05) is 33.3 Å². The smallest absolute Gasteiger partial charge is 0.350 e. The van der Waals surface area contributed by atoms with Gasteiger partial charge in [-0.3, -0.25) is 14.5 Å². The zero-order valence-corrected chi connectivity index (χ0v) is 22.5. The predicted molar refractivity (Wildman–Crippen MR) is 140 cm³/mol. The molecule has 198 valence electrons. The van der Waals surface area contributed by atoms with Gasteiger partial charge >= 0.3 is 11.9 Å². The van der Waals surface area contributed by atoms with Crippen LogP contribution in [0.4, 0.5) is 5.13 Å². The summed E-state index contributed by atoms with van der Waals surface area (Å²) in [4.78, 5) is 45.1. The Morgan fingerprint density at radius 3 is 2.37 bits per heavy atom. The molecule has 1 atom stereocenters. The fourth-order valence-electron chi connectivity index (χ4n) is 4.39. The third-order valence-corrected chi connectivity index (χ3v) is 7.36. The van der Waals surface area contributed by atoms with Gasteiger partial charge in [-0.1, -0.05) is 23.5 Å². The predicted octanol–water partition coefficient (Wildman–Crippen LogP) is 4.20. The van der Waals surface area contributed by atoms with Crippen LogP contribution in [-0.2, 0) is 14.3 Å². The van der Waals surface area contributed by atoms with E-state index in [9.17, 15) is 19.5 Å². The number of aryl methyl sites for hydroxylation is 2. The van der Waals surface area contributed by atoms with E-state index in [0.717, 1.165) is 16.2 Å². The molecule has 1 N–H and O–H groups in total. The lowest BCUT2D eigenvalue weighted by Gasteiger charge is -2.25. The van der Waals surface area contributed by atoms with Gasteiger partial charge in [0.25, 0.3) is 5.78 Å². The highest BCUT2D eigenvalue weighted by Gasteiger charge is 2.49. The van der Waals surface area contributed by atoms with E-state index in [4.69, 9.17) is 18.9 Å². The molecule has 38 heavy (non-hydrogen) atoms. The van der Waals surface area contributed by atoms with Gasteiger partial charge in [-0.2, -0.15) is 0 Å². The number of anilines is 1. The van der Waals surface area contributed by atoms with Gasteiger partial charge in [0.15, 0.2) is 16.6 Å². The molecule has 1 aliphatic heterocycles. The number of para-hydroxylation sites is 1. The lowest BCUT2D eigenvalue weighted by molar-refractivity contribution is -0.132. The highest BCUT2D eigenvalue weighted by Crippen LogP contribution is 2.48. The number of thiazole rings is 1. The van der Waals surface area contributed by atoms with Crippen molar-refractivity contribution in [1.82, 2.24) is 4.98 Å². The van der Waals surface area contributed by atoms with E-state index in [1.165, 1.54) is 28.4 Å². The summed E-state index contributed by atoms with van der Waals surface area (Å²) < 4.78 is 21.2. The Balaban J connectivity index is 2.02. The van der Waals surface area contributed by atoms with Crippen molar-refractivity contribution >= 4 is 39.9 Å². The highest BCUT2D eigenvalue weighted by atomic mass is 32.1. The number of methoxy groups -OCH3 is 4. The number of hydrogen-bond donors (Lipinski definition) is 1. The van der Waals surface area contributed by atoms with Crippen LogP contribution in [0, 0.1) is 13.8 Å². The van der Waals surface area contributed by atoms with Crippen LogP contribution in [0.2, 0.25) is 0 Å². The zero-order chi connectivity index (χ0) is 27.7. The van der Waals surface area contributed by atoms with Crippen molar-refractivity contribution < 1.29 is 38.4 Å². The minimum atomic E-state index is -1.14. The first-order valence-corrected chi connectivity index (χ1v) is 12.2.